The fourth-order valence-electron chi connectivity index (χ4n) is 2.76. The van der Waals surface area contributed by atoms with Crippen molar-refractivity contribution in [2.75, 3.05) is 18.0 Å². The number of hydrogen-bond donors (Lipinski definition) is 1. The molecule has 2 aliphatic rings. The summed E-state index contributed by atoms with van der Waals surface area (Å²) in [4.78, 5) is 4.84. The van der Waals surface area contributed by atoms with Gasteiger partial charge >= 0.3 is 0 Å². The number of rotatable bonds is 2. The summed E-state index contributed by atoms with van der Waals surface area (Å²) in [6.07, 6.45) is 2.02. The number of piperidine rings is 1. The number of aliphatic hydroxyl groups is 1. The van der Waals surface area contributed by atoms with Gasteiger partial charge < -0.3 is 10.0 Å². The third kappa shape index (κ3) is 1.84. The van der Waals surface area contributed by atoms with E-state index in [1.165, 1.54) is 11.3 Å². The number of nitrogens with zero attached hydrogens (tertiary/aromatic N) is 6. The Balaban J connectivity index is 1.79. The Morgan fingerprint density at radius 3 is 2.71 bits per heavy atom. The second-order valence-electron chi connectivity index (χ2n) is 4.55. The third-order valence-electron chi connectivity index (χ3n) is 3.59. The van der Waals surface area contributed by atoms with Crippen molar-refractivity contribution >= 4 is 21.6 Å². The Kier molecular flexibility index (Phi) is 2.62. The molecule has 0 spiro atoms. The lowest BCUT2D eigenvalue weighted by Crippen LogP contribution is -2.44. The highest BCUT2D eigenvalue weighted by atomic mass is 32.1. The van der Waals surface area contributed by atoms with Crippen LogP contribution in [0, 0.1) is 11.8 Å². The second kappa shape index (κ2) is 4.14. The highest BCUT2D eigenvalue weighted by Crippen LogP contribution is 2.39. The van der Waals surface area contributed by atoms with Crippen LogP contribution in [0.25, 0.3) is 10.4 Å². The molecule has 90 valence electrons. The van der Waals surface area contributed by atoms with Crippen molar-refractivity contribution in [1.29, 1.82) is 0 Å². The molecule has 2 fully saturated rings. The first-order chi connectivity index (χ1) is 8.28. The molecule has 2 bridgehead atoms. The molecule has 0 aromatic carbocycles. The van der Waals surface area contributed by atoms with E-state index in [1.54, 1.807) is 0 Å². The average Bonchev–Trinajstić information content (AvgIpc) is 2.83. The molecule has 0 amide bonds. The summed E-state index contributed by atoms with van der Waals surface area (Å²) in [6, 6.07) is 0. The molecule has 1 unspecified atom stereocenters. The Morgan fingerprint density at radius 2 is 2.06 bits per heavy atom. The fraction of sp³-hybridized carbons (Fsp3) is 0.778. The lowest BCUT2D eigenvalue weighted by atomic mass is 9.96. The van der Waals surface area contributed by atoms with Gasteiger partial charge in [0.2, 0.25) is 10.3 Å². The predicted molar refractivity (Wildman–Crippen MR) is 63.1 cm³/mol. The minimum atomic E-state index is -0.157. The van der Waals surface area contributed by atoms with E-state index in [0.717, 1.165) is 31.1 Å². The molecule has 1 N–H and O–H groups in total. The molecule has 1 saturated heterocycles. The normalized spacial score (nSPS) is 31.4. The molecule has 7 nitrogen and oxygen atoms in total. The van der Waals surface area contributed by atoms with E-state index in [9.17, 15) is 5.11 Å². The molecule has 0 radical (unpaired) electrons. The minimum absolute atomic E-state index is 0.157. The van der Waals surface area contributed by atoms with E-state index in [1.807, 2.05) is 0 Å². The molecule has 3 atom stereocenters. The monoisotopic (exact) mass is 252 g/mol. The molecular weight excluding hydrogens is 240 g/mol. The maximum Gasteiger partial charge on any atom is 0.208 e. The SMILES string of the molecule is [N-]=[N+]=Nc1nnc(N2C[C@H]3CC[C@@H](C2)C3O)s1. The minimum Gasteiger partial charge on any atom is -0.392 e. The molecule has 1 saturated carbocycles. The van der Waals surface area contributed by atoms with Crippen LogP contribution >= 0.6 is 11.3 Å². The number of azide groups is 1. The lowest BCUT2D eigenvalue weighted by Gasteiger charge is -2.34. The van der Waals surface area contributed by atoms with Gasteiger partial charge in [-0.1, -0.05) is 11.3 Å². The van der Waals surface area contributed by atoms with Gasteiger partial charge in [0.05, 0.1) is 6.10 Å². The first-order valence-corrected chi connectivity index (χ1v) is 6.41. The Morgan fingerprint density at radius 1 is 1.35 bits per heavy atom. The van der Waals surface area contributed by atoms with Crippen molar-refractivity contribution in [2.45, 2.75) is 18.9 Å². The highest BCUT2D eigenvalue weighted by Gasteiger charge is 2.41. The summed E-state index contributed by atoms with van der Waals surface area (Å²) in [5.41, 5.74) is 8.32. The average molecular weight is 252 g/mol. The first kappa shape index (κ1) is 10.8. The van der Waals surface area contributed by atoms with E-state index in [-0.39, 0.29) is 6.10 Å². The molecule has 8 heteroatoms. The third-order valence-corrected chi connectivity index (χ3v) is 4.46. The van der Waals surface area contributed by atoms with E-state index in [0.29, 0.717) is 17.0 Å². The second-order valence-corrected chi connectivity index (χ2v) is 5.48. The zero-order chi connectivity index (χ0) is 11.8. The molecule has 1 aliphatic carbocycles. The number of hydrogen-bond acceptors (Lipinski definition) is 6. The van der Waals surface area contributed by atoms with Crippen molar-refractivity contribution in [3.05, 3.63) is 10.4 Å². The van der Waals surface area contributed by atoms with E-state index < -0.39 is 0 Å². The van der Waals surface area contributed by atoms with Crippen molar-refractivity contribution in [3.8, 4) is 0 Å². The largest absolute Gasteiger partial charge is 0.392 e. The van der Waals surface area contributed by atoms with Gasteiger partial charge in [-0.15, -0.1) is 10.2 Å². The molecular formula is C9H12N6OS. The van der Waals surface area contributed by atoms with Crippen LogP contribution in [0.1, 0.15) is 12.8 Å². The Labute approximate surface area is 102 Å². The summed E-state index contributed by atoms with van der Waals surface area (Å²) in [6.45, 7) is 1.64. The zero-order valence-electron chi connectivity index (χ0n) is 9.10. The van der Waals surface area contributed by atoms with Crippen LogP contribution in [0.2, 0.25) is 0 Å². The Hall–Kier alpha value is -1.37. The zero-order valence-corrected chi connectivity index (χ0v) is 9.92. The molecule has 1 aromatic rings. The van der Waals surface area contributed by atoms with Crippen molar-refractivity contribution in [2.24, 2.45) is 17.0 Å². The van der Waals surface area contributed by atoms with Crippen molar-refractivity contribution in [1.82, 2.24) is 10.2 Å². The van der Waals surface area contributed by atoms with Crippen LogP contribution in [0.3, 0.4) is 0 Å². The van der Waals surface area contributed by atoms with Gasteiger partial charge in [-0.25, -0.2) is 0 Å². The maximum atomic E-state index is 9.94. The fourth-order valence-corrected chi connectivity index (χ4v) is 3.45. The van der Waals surface area contributed by atoms with Gasteiger partial charge in [-0.3, -0.25) is 0 Å². The molecule has 17 heavy (non-hydrogen) atoms. The van der Waals surface area contributed by atoms with E-state index in [4.69, 9.17) is 5.53 Å². The van der Waals surface area contributed by atoms with Crippen LogP contribution in [0.5, 0.6) is 0 Å². The quantitative estimate of drug-likeness (QED) is 0.492. The maximum absolute atomic E-state index is 9.94. The molecule has 2 heterocycles. The number of fused-ring (bicyclic) bond motifs is 2. The number of anilines is 1. The lowest BCUT2D eigenvalue weighted by molar-refractivity contribution is 0.0792. The van der Waals surface area contributed by atoms with Gasteiger partial charge in [-0.05, 0) is 23.5 Å². The van der Waals surface area contributed by atoms with Crippen LogP contribution < -0.4 is 4.90 Å². The van der Waals surface area contributed by atoms with Crippen LogP contribution in [0.4, 0.5) is 10.3 Å². The van der Waals surface area contributed by atoms with Crippen LogP contribution in [0.15, 0.2) is 5.11 Å². The summed E-state index contributed by atoms with van der Waals surface area (Å²) in [7, 11) is 0. The first-order valence-electron chi connectivity index (χ1n) is 5.59. The molecule has 1 aromatic heterocycles. The van der Waals surface area contributed by atoms with Gasteiger partial charge in [0, 0.05) is 29.8 Å². The number of aromatic nitrogens is 2. The van der Waals surface area contributed by atoms with Crippen LogP contribution in [-0.2, 0) is 0 Å². The topological polar surface area (TPSA) is 98.0 Å². The summed E-state index contributed by atoms with van der Waals surface area (Å²) < 4.78 is 0. The summed E-state index contributed by atoms with van der Waals surface area (Å²) in [5, 5.41) is 22.4. The van der Waals surface area contributed by atoms with Crippen LogP contribution in [-0.4, -0.2) is 34.5 Å². The van der Waals surface area contributed by atoms with Gasteiger partial charge in [0.15, 0.2) is 0 Å². The van der Waals surface area contributed by atoms with Crippen molar-refractivity contribution in [3.63, 3.8) is 0 Å². The predicted octanol–water partition coefficient (Wildman–Crippen LogP) is 1.69. The standard InChI is InChI=1S/C9H12N6OS/c10-14-12-8-11-13-9(17-8)15-3-5-1-2-6(4-15)7(5)16/h5-7,16H,1-4H2/t5-,6+,7?. The molecule has 1 aliphatic heterocycles. The Bertz CT molecular complexity index is 456. The van der Waals surface area contributed by atoms with Gasteiger partial charge in [-0.2, -0.15) is 0 Å². The van der Waals surface area contributed by atoms with E-state index >= 15 is 0 Å². The summed E-state index contributed by atoms with van der Waals surface area (Å²) in [5.74, 6) is 0.695. The van der Waals surface area contributed by atoms with Crippen molar-refractivity contribution < 1.29 is 5.11 Å². The van der Waals surface area contributed by atoms with E-state index in [2.05, 4.69) is 25.1 Å². The smallest absolute Gasteiger partial charge is 0.208 e. The van der Waals surface area contributed by atoms with Gasteiger partial charge in [0.1, 0.15) is 0 Å². The molecule has 3 rings (SSSR count). The highest BCUT2D eigenvalue weighted by molar-refractivity contribution is 7.18. The summed E-state index contributed by atoms with van der Waals surface area (Å²) >= 11 is 1.30. The van der Waals surface area contributed by atoms with Gasteiger partial charge in [0.25, 0.3) is 0 Å². The number of aliphatic hydroxyl groups excluding tert-OH is 1.